The topological polar surface area (TPSA) is 106 Å². The Labute approximate surface area is 142 Å². The number of nitrogens with two attached hydrogens (primary N) is 3. The maximum atomic E-state index is 5.68. The van der Waals surface area contributed by atoms with Gasteiger partial charge in [0.15, 0.2) is 5.96 Å². The molecule has 0 radical (unpaired) electrons. The molecule has 0 unspecified atom stereocenters. The highest BCUT2D eigenvalue weighted by atomic mass is 15.1. The van der Waals surface area contributed by atoms with E-state index < -0.39 is 0 Å². The van der Waals surface area contributed by atoms with Gasteiger partial charge in [0.1, 0.15) is 0 Å². The van der Waals surface area contributed by atoms with Gasteiger partial charge in [0, 0.05) is 13.1 Å². The van der Waals surface area contributed by atoms with Gasteiger partial charge in [-0.1, -0.05) is 49.4 Å². The van der Waals surface area contributed by atoms with Crippen molar-refractivity contribution in [2.75, 3.05) is 6.54 Å². The molecule has 0 aliphatic carbocycles. The summed E-state index contributed by atoms with van der Waals surface area (Å²) in [5.74, 6) is -0.0591. The number of rotatable bonds is 6. The van der Waals surface area contributed by atoms with E-state index in [1.54, 1.807) is 0 Å². The Morgan fingerprint density at radius 3 is 2.25 bits per heavy atom. The molecular formula is C18H24N6. The predicted octanol–water partition coefficient (Wildman–Crippen LogP) is 1.93. The Balaban J connectivity index is 2.08. The minimum atomic E-state index is -0.104. The zero-order valence-electron chi connectivity index (χ0n) is 13.9. The quantitative estimate of drug-likeness (QED) is 0.557. The molecule has 0 saturated heterocycles. The van der Waals surface area contributed by atoms with Crippen LogP contribution in [0.5, 0.6) is 0 Å². The van der Waals surface area contributed by atoms with Crippen LogP contribution in [0.4, 0.5) is 5.69 Å². The van der Waals surface area contributed by atoms with Crippen molar-refractivity contribution in [3.8, 4) is 0 Å². The molecule has 0 saturated carbocycles. The molecule has 2 rings (SSSR count). The molecule has 0 aliphatic heterocycles. The number of nitrogens with zero attached hydrogens (tertiary/aromatic N) is 3. The van der Waals surface area contributed by atoms with Gasteiger partial charge in [0.25, 0.3) is 0 Å². The van der Waals surface area contributed by atoms with Gasteiger partial charge in [-0.2, -0.15) is 4.99 Å². The maximum Gasteiger partial charge on any atom is 0.223 e. The van der Waals surface area contributed by atoms with E-state index in [-0.39, 0.29) is 11.9 Å². The van der Waals surface area contributed by atoms with Gasteiger partial charge in [-0.3, -0.25) is 4.90 Å². The van der Waals surface area contributed by atoms with Crippen LogP contribution in [0.15, 0.2) is 64.6 Å². The molecule has 2 aromatic carbocycles. The lowest BCUT2D eigenvalue weighted by Crippen LogP contribution is -2.26. The highest BCUT2D eigenvalue weighted by molar-refractivity contribution is 5.93. The van der Waals surface area contributed by atoms with E-state index in [1.807, 2.05) is 24.3 Å². The predicted molar refractivity (Wildman–Crippen MR) is 99.8 cm³/mol. The summed E-state index contributed by atoms with van der Waals surface area (Å²) in [6.45, 7) is 4.85. The van der Waals surface area contributed by atoms with Gasteiger partial charge in [-0.25, -0.2) is 4.99 Å². The van der Waals surface area contributed by atoms with Crippen molar-refractivity contribution in [2.24, 2.45) is 27.2 Å². The first-order valence-electron chi connectivity index (χ1n) is 7.86. The van der Waals surface area contributed by atoms with Crippen LogP contribution in [-0.4, -0.2) is 23.4 Å². The molecule has 6 heteroatoms. The van der Waals surface area contributed by atoms with Crippen molar-refractivity contribution in [1.82, 2.24) is 4.90 Å². The summed E-state index contributed by atoms with van der Waals surface area (Å²) in [5, 5.41) is 0. The Bertz CT molecular complexity index is 704. The molecular weight excluding hydrogens is 300 g/mol. The zero-order valence-corrected chi connectivity index (χ0v) is 13.9. The molecule has 0 amide bonds. The second-order valence-electron chi connectivity index (χ2n) is 5.47. The third kappa shape index (κ3) is 5.73. The van der Waals surface area contributed by atoms with Crippen molar-refractivity contribution in [3.05, 3.63) is 65.7 Å². The summed E-state index contributed by atoms with van der Waals surface area (Å²) in [7, 11) is 0. The lowest BCUT2D eigenvalue weighted by Gasteiger charge is -2.20. The first-order valence-corrected chi connectivity index (χ1v) is 7.86. The van der Waals surface area contributed by atoms with Gasteiger partial charge in [0.2, 0.25) is 5.96 Å². The molecule has 0 aliphatic rings. The first kappa shape index (κ1) is 17.5. The monoisotopic (exact) mass is 324 g/mol. The molecule has 0 fully saturated rings. The van der Waals surface area contributed by atoms with Crippen LogP contribution in [0.2, 0.25) is 0 Å². The summed E-state index contributed by atoms with van der Waals surface area (Å²) in [5.41, 5.74) is 19.5. The molecule has 0 bridgehead atoms. The second-order valence-corrected chi connectivity index (χ2v) is 5.47. The minimum absolute atomic E-state index is 0.0452. The fraction of sp³-hybridized carbons (Fsp3) is 0.222. The molecule has 2 aromatic rings. The molecule has 0 atom stereocenters. The van der Waals surface area contributed by atoms with E-state index in [4.69, 9.17) is 17.2 Å². The maximum absolute atomic E-state index is 5.68. The third-order valence-corrected chi connectivity index (χ3v) is 3.50. The highest BCUT2D eigenvalue weighted by Crippen LogP contribution is 2.17. The first-order chi connectivity index (χ1) is 11.6. The largest absolute Gasteiger partial charge is 0.370 e. The average molecular weight is 324 g/mol. The number of benzene rings is 2. The smallest absolute Gasteiger partial charge is 0.223 e. The van der Waals surface area contributed by atoms with Crippen molar-refractivity contribution < 1.29 is 0 Å². The minimum Gasteiger partial charge on any atom is -0.370 e. The molecule has 6 nitrogen and oxygen atoms in total. The lowest BCUT2D eigenvalue weighted by atomic mass is 10.1. The van der Waals surface area contributed by atoms with Gasteiger partial charge in [-0.05, 0) is 29.8 Å². The molecule has 6 N–H and O–H groups in total. The van der Waals surface area contributed by atoms with Crippen molar-refractivity contribution in [2.45, 2.75) is 20.0 Å². The van der Waals surface area contributed by atoms with Crippen molar-refractivity contribution >= 4 is 17.6 Å². The Morgan fingerprint density at radius 2 is 1.58 bits per heavy atom. The average Bonchev–Trinajstić information content (AvgIpc) is 2.54. The van der Waals surface area contributed by atoms with Gasteiger partial charge < -0.3 is 17.2 Å². The number of guanidine groups is 2. The lowest BCUT2D eigenvalue weighted by molar-refractivity contribution is 0.271. The molecule has 0 spiro atoms. The summed E-state index contributed by atoms with van der Waals surface area (Å²) >= 11 is 0. The normalized spacial score (nSPS) is 11.5. The summed E-state index contributed by atoms with van der Waals surface area (Å²) in [6, 6.07) is 18.3. The number of hydrogen-bond acceptors (Lipinski definition) is 2. The number of aliphatic imine (C=N–C) groups is 2. The van der Waals surface area contributed by atoms with E-state index in [0.717, 1.165) is 30.9 Å². The van der Waals surface area contributed by atoms with Crippen molar-refractivity contribution in [1.29, 1.82) is 0 Å². The highest BCUT2D eigenvalue weighted by Gasteiger charge is 2.05. The van der Waals surface area contributed by atoms with E-state index in [2.05, 4.69) is 52.1 Å². The standard InChI is InChI=1S/C18H24N6/c1-2-24(12-14-7-4-3-5-8-14)13-15-9-6-10-16(11-15)22-18(21)23-17(19)20/h3-11H,2,12-13H2,1H3,(H6,19,20,21,22,23). The Morgan fingerprint density at radius 1 is 0.917 bits per heavy atom. The Kier molecular flexibility index (Phi) is 6.33. The molecule has 126 valence electrons. The van der Waals surface area contributed by atoms with E-state index in [9.17, 15) is 0 Å². The summed E-state index contributed by atoms with van der Waals surface area (Å²) in [4.78, 5) is 10.3. The fourth-order valence-corrected chi connectivity index (χ4v) is 2.39. The van der Waals surface area contributed by atoms with Crippen LogP contribution in [0.1, 0.15) is 18.1 Å². The zero-order chi connectivity index (χ0) is 17.4. The van der Waals surface area contributed by atoms with Crippen LogP contribution in [0.25, 0.3) is 0 Å². The Hall–Kier alpha value is -2.86. The van der Waals surface area contributed by atoms with Crippen molar-refractivity contribution in [3.63, 3.8) is 0 Å². The van der Waals surface area contributed by atoms with Crippen LogP contribution in [-0.2, 0) is 13.1 Å². The van der Waals surface area contributed by atoms with Gasteiger partial charge in [0.05, 0.1) is 5.69 Å². The van der Waals surface area contributed by atoms with Crippen LogP contribution in [0, 0.1) is 0 Å². The van der Waals surface area contributed by atoms with E-state index >= 15 is 0 Å². The van der Waals surface area contributed by atoms with Crippen LogP contribution >= 0.6 is 0 Å². The number of hydrogen-bond donors (Lipinski definition) is 3. The van der Waals surface area contributed by atoms with Crippen LogP contribution in [0.3, 0.4) is 0 Å². The molecule has 24 heavy (non-hydrogen) atoms. The summed E-state index contributed by atoms with van der Waals surface area (Å²) < 4.78 is 0. The molecule has 0 aromatic heterocycles. The van der Waals surface area contributed by atoms with Crippen LogP contribution < -0.4 is 17.2 Å². The van der Waals surface area contributed by atoms with E-state index in [0.29, 0.717) is 0 Å². The second kappa shape index (κ2) is 8.69. The molecule has 0 heterocycles. The summed E-state index contributed by atoms with van der Waals surface area (Å²) in [6.07, 6.45) is 0. The van der Waals surface area contributed by atoms with E-state index in [1.165, 1.54) is 5.56 Å². The third-order valence-electron chi connectivity index (χ3n) is 3.50. The SMILES string of the molecule is CCN(Cc1ccccc1)Cc1cccc(N=C(N)N=C(N)N)c1. The fourth-order valence-electron chi connectivity index (χ4n) is 2.39. The van der Waals surface area contributed by atoms with Gasteiger partial charge >= 0.3 is 0 Å². The van der Waals surface area contributed by atoms with Gasteiger partial charge in [-0.15, -0.1) is 0 Å².